The van der Waals surface area contributed by atoms with Crippen LogP contribution in [-0.2, 0) is 125 Å². The number of aromatic nitrogens is 15. The van der Waals surface area contributed by atoms with Gasteiger partial charge in [0.1, 0.15) is 130 Å². The summed E-state index contributed by atoms with van der Waals surface area (Å²) in [6.07, 6.45) is -26.1. The molecule has 12 aliphatic heterocycles. The van der Waals surface area contributed by atoms with Crippen LogP contribution in [0.4, 0.5) is 60.9 Å². The van der Waals surface area contributed by atoms with E-state index in [-0.39, 0.29) is 88.2 Å². The van der Waals surface area contributed by atoms with E-state index in [2.05, 4.69) is 72.1 Å². The van der Waals surface area contributed by atoms with E-state index in [1.807, 2.05) is 0 Å². The number of carbonyl (C=O) groups excluding carboxylic acids is 3. The number of pyridine rings is 3. The van der Waals surface area contributed by atoms with Crippen LogP contribution in [0, 0.1) is 0 Å². The fraction of sp³-hybridized carbons (Fsp3) is 0.500. The van der Waals surface area contributed by atoms with Crippen LogP contribution in [0.3, 0.4) is 0 Å². The first kappa shape index (κ1) is 95.8. The molecule has 0 saturated carbocycles. The monoisotopic (exact) mass is 2070 g/mol. The number of carbonyl (C=O) groups is 3. The van der Waals surface area contributed by atoms with Crippen molar-refractivity contribution < 1.29 is 151 Å². The van der Waals surface area contributed by atoms with Crippen molar-refractivity contribution in [2.24, 2.45) is 32.2 Å². The maximum atomic E-state index is 16.1. The molecule has 69 heteroatoms. The van der Waals surface area contributed by atoms with Gasteiger partial charge in [-0.2, -0.15) is 0 Å². The molecule has 0 radical (unpaired) electrons. The number of nitrogens with two attached hydrogens (primary N) is 6. The second-order valence-corrected chi connectivity index (χ2v) is 41.8. The van der Waals surface area contributed by atoms with E-state index in [0.717, 1.165) is 32.7 Å². The van der Waals surface area contributed by atoms with Crippen molar-refractivity contribution in [2.45, 2.75) is 167 Å². The number of alkyl halides is 6. The summed E-state index contributed by atoms with van der Waals surface area (Å²) in [5, 5.41) is 0. The van der Waals surface area contributed by atoms with Gasteiger partial charge >= 0.3 is 20.2 Å². The van der Waals surface area contributed by atoms with Crippen LogP contribution < -0.4 is 34.4 Å². The number of ether oxygens (including phenoxy) is 6. The molecule has 135 heavy (non-hydrogen) atoms. The lowest BCUT2D eigenvalue weighted by Crippen LogP contribution is -2.37. The fourth-order valence-corrected chi connectivity index (χ4v) is 22.8. The number of hydrogen-bond acceptors (Lipinski definition) is 45. The minimum atomic E-state index is -4.38. The number of fused-ring (bicyclic) bond motifs is 12. The quantitative estimate of drug-likeness (QED) is 0.0499. The molecule has 51 nitrogen and oxygen atoms in total. The SMILES string of the molecule is [BH3-][P@@]1(=O)OC[C@H]2O[C@@H](n3cnc4c3N=C(N)CC4=O)[C@H](F)[C@@H]2OP(O)(=S)OCC2O[C@@H](n3cnc4c(N)ccnc43)[C@H](F)[C@@H]2O1.[BH3-][P@]1(=O)OCC2O[C@@H](n3cnc4c(N)ccnc43)[C@H](F)[C@@H]2OP(=O)(S)OC[C@H]2O[C@@H](n3cnc4c3N=C(N)CC4=O)[C@H](F)[C@@H]2O1.[BH3-][P@]1(=O)OC[C@H]2O[C@@H](n3cnc4c3N=C(N)CC4=O)[C@H](F)[C@@H]2OP(O)(=S)OCC2O[C@@H](n3cnc4c(N)ccnc43)[C@H](F)[C@@H]2O1. The first-order valence-corrected chi connectivity index (χ1v) is 50.2. The molecule has 0 aromatic carbocycles. The van der Waals surface area contributed by atoms with Gasteiger partial charge in [0.05, 0.1) is 137 Å². The van der Waals surface area contributed by atoms with Crippen LogP contribution >= 0.6 is 54.9 Å². The Hall–Kier alpha value is -8.15. The third-order valence-electron chi connectivity index (χ3n) is 22.2. The fourth-order valence-electron chi connectivity index (χ4n) is 16.2. The normalized spacial score (nSPS) is 39.0. The first-order valence-electron chi connectivity index (χ1n) is 39.1. The molecule has 12 aliphatic rings. The summed E-state index contributed by atoms with van der Waals surface area (Å²) >= 11 is 14.4. The molecule has 6 unspecified atom stereocenters. The smallest absolute Gasteiger partial charge is 0.386 e. The van der Waals surface area contributed by atoms with Crippen LogP contribution in [0.15, 0.2) is 89.7 Å². The number of rotatable bonds is 6. The van der Waals surface area contributed by atoms with Gasteiger partial charge in [0.25, 0.3) is 0 Å². The second-order valence-electron chi connectivity index (χ2n) is 30.6. The van der Waals surface area contributed by atoms with Gasteiger partial charge in [-0.25, -0.2) is 90.7 Å². The minimum Gasteiger partial charge on any atom is -0.397 e. The Balaban J connectivity index is 0.000000130. The highest BCUT2D eigenvalue weighted by Gasteiger charge is 2.59. The number of thiol groups is 1. The van der Waals surface area contributed by atoms with Gasteiger partial charge < -0.3 is 122 Å². The van der Waals surface area contributed by atoms with E-state index in [4.69, 9.17) is 141 Å². The van der Waals surface area contributed by atoms with Gasteiger partial charge in [0.2, 0.25) is 0 Å². The third-order valence-corrected chi connectivity index (χ3v) is 29.3. The van der Waals surface area contributed by atoms with Gasteiger partial charge in [-0.15, -0.1) is 0 Å². The highest BCUT2D eigenvalue weighted by Crippen LogP contribution is 2.62. The molecule has 0 aliphatic carbocycles. The van der Waals surface area contributed by atoms with Crippen LogP contribution in [0.1, 0.15) is 88.1 Å². The van der Waals surface area contributed by atoms with E-state index in [1.165, 1.54) is 69.5 Å². The van der Waals surface area contributed by atoms with E-state index >= 15 is 26.3 Å². The number of Topliss-reactive ketones (excluding diaryl/α,β-unsaturated/α-hetero) is 3. The Bertz CT molecular complexity index is 6060. The highest BCUT2D eigenvalue weighted by molar-refractivity contribution is 8.44. The molecule has 21 heterocycles. The summed E-state index contributed by atoms with van der Waals surface area (Å²) in [5.41, 5.74) is 37.7. The van der Waals surface area contributed by atoms with E-state index in [0.29, 0.717) is 33.6 Å². The van der Waals surface area contributed by atoms with Crippen molar-refractivity contribution in [3.8, 4) is 0 Å². The summed E-state index contributed by atoms with van der Waals surface area (Å²) in [4.78, 5) is 109. The van der Waals surface area contributed by atoms with Gasteiger partial charge in [0.15, 0.2) is 143 Å². The molecule has 726 valence electrons. The third kappa shape index (κ3) is 18.6. The lowest BCUT2D eigenvalue weighted by molar-refractivity contribution is -0.0568. The zero-order chi connectivity index (χ0) is 95.5. The number of amidine groups is 3. The van der Waals surface area contributed by atoms with Crippen molar-refractivity contribution in [3.05, 3.63) is 91.8 Å². The zero-order valence-corrected chi connectivity index (χ0v) is 74.4. The number of imidazole rings is 6. The first-order chi connectivity index (χ1) is 63.9. The van der Waals surface area contributed by atoms with Crippen molar-refractivity contribution >= 4 is 204 Å². The summed E-state index contributed by atoms with van der Waals surface area (Å²) in [5.74, 6) is -1.26. The van der Waals surface area contributed by atoms with Crippen molar-refractivity contribution in [3.63, 3.8) is 0 Å². The number of ketones is 3. The molecule has 0 spiro atoms. The molecular weight excluding hydrogens is 1990 g/mol. The van der Waals surface area contributed by atoms with Crippen LogP contribution in [0.25, 0.3) is 33.5 Å². The molecule has 14 N–H and O–H groups in total. The Morgan fingerprint density at radius 3 is 0.874 bits per heavy atom. The van der Waals surface area contributed by atoms with Crippen LogP contribution in [0.5, 0.6) is 0 Å². The number of hydrogen-bond donors (Lipinski definition) is 9. The Labute approximate surface area is 771 Å². The summed E-state index contributed by atoms with van der Waals surface area (Å²) in [6.45, 7) is -16.2. The van der Waals surface area contributed by atoms with Crippen molar-refractivity contribution in [2.75, 3.05) is 56.8 Å². The molecule has 30 atom stereocenters. The largest absolute Gasteiger partial charge is 0.397 e. The van der Waals surface area contributed by atoms with Gasteiger partial charge in [-0.3, -0.25) is 59.9 Å². The molecule has 0 bridgehead atoms. The van der Waals surface area contributed by atoms with Crippen molar-refractivity contribution in [1.82, 2.24) is 72.3 Å². The number of aliphatic imine (C=N–C) groups is 3. The molecule has 9 aromatic rings. The topological polar surface area (TPSA) is 665 Å². The Morgan fingerprint density at radius 2 is 0.593 bits per heavy atom. The average Bonchev–Trinajstić information content (AvgIpc) is 1.62. The molecule has 9 saturated heterocycles. The van der Waals surface area contributed by atoms with Crippen LogP contribution in [0.2, 0.25) is 0 Å². The molecule has 9 aromatic heterocycles. The molecular formula is C66H78B3F6N24O27P6S3-3. The summed E-state index contributed by atoms with van der Waals surface area (Å²) in [6, 6.07) is 4.61. The van der Waals surface area contributed by atoms with Gasteiger partial charge in [-0.05, 0) is 41.8 Å². The maximum absolute atomic E-state index is 16.1. The number of anilines is 3. The maximum Gasteiger partial charge on any atom is 0.386 e. The second kappa shape index (κ2) is 36.5. The Morgan fingerprint density at radius 1 is 0.356 bits per heavy atom. The minimum absolute atomic E-state index is 0.00643. The molecule has 21 rings (SSSR count). The van der Waals surface area contributed by atoms with Gasteiger partial charge in [-0.1, -0.05) is 12.2 Å². The van der Waals surface area contributed by atoms with Crippen LogP contribution in [-0.4, -0.2) is 290 Å². The van der Waals surface area contributed by atoms with E-state index in [9.17, 15) is 42.4 Å². The van der Waals surface area contributed by atoms with Crippen molar-refractivity contribution in [1.29, 1.82) is 0 Å². The Kier molecular flexibility index (Phi) is 25.9. The predicted octanol–water partition coefficient (Wildman–Crippen LogP) is 2.21. The standard InChI is InChI=1S/3C22H26BF2N8O9P2S/c23-43(35)37-4-10-18(14(25)21(39-10)32-6-29-15-8(26)1-2-28-19(15)32)42-44(36,45)38-5-11-17(41-43)13(24)22(40-11)33-7-30-16-9(34)3-12(27)31-20(16)33;2*23-43(35)37-4-10-18(14(25)22(39-10)33-7-30-16-9(34)3-12(27)31-20(16)33)42-44(36,45)38-5-11-17(41-43)13(24)21(40-11)32-6-29-15-8(26)1-2-28-19(15)32/h3*1-2,6-7,10-11,13-14,17-18,21-22H,3-5H2,23H3,(H2,26,28)(H2,27,31)(H,36,45)/q3*-1/t10?,11-,13-,14-,17-,18-,21-,22-,43+,44?;10-,11?,13-,14-,17-,18-,21-,22-,43+,44?;10-,11?,13-,14-,17-,18-,21-,22-,43-,44?/m111/s1. The molecule has 9 fully saturated rings. The molecule has 0 amide bonds. The predicted molar refractivity (Wildman–Crippen MR) is 473 cm³/mol. The van der Waals surface area contributed by atoms with E-state index in [1.54, 1.807) is 0 Å². The zero-order valence-electron chi connectivity index (χ0n) is 66.5. The number of nitrogens with zero attached hydrogens (tertiary/aromatic N) is 18. The lowest BCUT2D eigenvalue weighted by Gasteiger charge is -2.31. The van der Waals surface area contributed by atoms with E-state index < -0.39 is 270 Å². The number of nitrogen functional groups attached to an aromatic ring is 3. The average molecular weight is 2070 g/mol. The lowest BCUT2D eigenvalue weighted by atomic mass is 10.1. The van der Waals surface area contributed by atoms with Gasteiger partial charge in [0, 0.05) is 18.6 Å². The summed E-state index contributed by atoms with van der Waals surface area (Å²) < 4.78 is 261. The summed E-state index contributed by atoms with van der Waals surface area (Å²) in [7, 11) is -15.4. The number of halogens is 6. The highest BCUT2D eigenvalue weighted by atomic mass is 32.7.